The molecule has 29 heavy (non-hydrogen) atoms. The molecule has 2 unspecified atom stereocenters. The first-order valence-electron chi connectivity index (χ1n) is 10.7. The number of aromatic nitrogens is 3. The summed E-state index contributed by atoms with van der Waals surface area (Å²) in [6.07, 6.45) is 5.27. The number of fused-ring (bicyclic) bond motifs is 3. The second kappa shape index (κ2) is 8.39. The summed E-state index contributed by atoms with van der Waals surface area (Å²) in [5.74, 6) is -0.323. The van der Waals surface area contributed by atoms with E-state index < -0.39 is 5.97 Å². The van der Waals surface area contributed by atoms with Crippen molar-refractivity contribution in [3.05, 3.63) is 11.9 Å². The van der Waals surface area contributed by atoms with Gasteiger partial charge >= 0.3 is 5.97 Å². The van der Waals surface area contributed by atoms with Crippen molar-refractivity contribution in [2.75, 3.05) is 40.3 Å². The number of likely N-dealkylation sites (tertiary alicyclic amines) is 1. The van der Waals surface area contributed by atoms with Gasteiger partial charge in [0.15, 0.2) is 0 Å². The van der Waals surface area contributed by atoms with Crippen molar-refractivity contribution in [1.82, 2.24) is 29.7 Å². The summed E-state index contributed by atoms with van der Waals surface area (Å²) in [5.41, 5.74) is 0.976. The molecule has 4 aliphatic rings. The Bertz CT molecular complexity index is 742. The lowest BCUT2D eigenvalue weighted by Crippen LogP contribution is -2.59. The van der Waals surface area contributed by atoms with Crippen LogP contribution in [-0.2, 0) is 22.7 Å². The fourth-order valence-electron chi connectivity index (χ4n) is 5.23. The van der Waals surface area contributed by atoms with E-state index in [0.717, 1.165) is 44.7 Å². The van der Waals surface area contributed by atoms with Gasteiger partial charge in [-0.15, -0.1) is 5.10 Å². The SMILES string of the molecule is CN(C)Cc1cn(C[C@H]2CC3CCN2C[C@@H]3C(=O)N2CCC(C(=O)O)CC2)nn1. The van der Waals surface area contributed by atoms with Gasteiger partial charge in [0.1, 0.15) is 0 Å². The Morgan fingerprint density at radius 1 is 1.21 bits per heavy atom. The van der Waals surface area contributed by atoms with Gasteiger partial charge in [-0.05, 0) is 52.2 Å². The van der Waals surface area contributed by atoms with Crippen LogP contribution in [0, 0.1) is 17.8 Å². The largest absolute Gasteiger partial charge is 0.481 e. The van der Waals surface area contributed by atoms with Gasteiger partial charge in [0, 0.05) is 38.4 Å². The Hall–Kier alpha value is -2.00. The van der Waals surface area contributed by atoms with Gasteiger partial charge in [0.25, 0.3) is 0 Å². The molecule has 0 radical (unpaired) electrons. The third-order valence-electron chi connectivity index (χ3n) is 6.81. The van der Waals surface area contributed by atoms with Crippen LogP contribution in [0.2, 0.25) is 0 Å². The third-order valence-corrected chi connectivity index (χ3v) is 6.81. The Labute approximate surface area is 171 Å². The summed E-state index contributed by atoms with van der Waals surface area (Å²) in [5, 5.41) is 17.7. The molecule has 1 aromatic rings. The van der Waals surface area contributed by atoms with Crippen LogP contribution in [0.15, 0.2) is 6.20 Å². The molecule has 5 rings (SSSR count). The lowest BCUT2D eigenvalue weighted by Gasteiger charge is -2.50. The van der Waals surface area contributed by atoms with Gasteiger partial charge in [-0.2, -0.15) is 0 Å². The molecule has 0 aliphatic carbocycles. The summed E-state index contributed by atoms with van der Waals surface area (Å²) >= 11 is 0. The van der Waals surface area contributed by atoms with Crippen LogP contribution in [0.3, 0.4) is 0 Å². The van der Waals surface area contributed by atoms with Gasteiger partial charge in [-0.25, -0.2) is 0 Å². The van der Waals surface area contributed by atoms with Crippen molar-refractivity contribution in [2.24, 2.45) is 17.8 Å². The molecule has 9 heteroatoms. The number of hydrogen-bond donors (Lipinski definition) is 1. The maximum Gasteiger partial charge on any atom is 0.306 e. The minimum absolute atomic E-state index is 0.0569. The lowest BCUT2D eigenvalue weighted by molar-refractivity contribution is -0.150. The number of carboxylic acids is 1. The summed E-state index contributed by atoms with van der Waals surface area (Å²) in [4.78, 5) is 30.7. The number of hydrogen-bond acceptors (Lipinski definition) is 6. The number of piperidine rings is 4. The van der Waals surface area contributed by atoms with Crippen molar-refractivity contribution < 1.29 is 14.7 Å². The van der Waals surface area contributed by atoms with Crippen LogP contribution in [0.5, 0.6) is 0 Å². The van der Waals surface area contributed by atoms with E-state index in [2.05, 4.69) is 20.1 Å². The van der Waals surface area contributed by atoms with Crippen molar-refractivity contribution in [1.29, 1.82) is 0 Å². The second-order valence-corrected chi connectivity index (χ2v) is 9.15. The number of rotatable bonds is 6. The Balaban J connectivity index is 1.32. The molecular weight excluding hydrogens is 372 g/mol. The highest BCUT2D eigenvalue weighted by atomic mass is 16.4. The van der Waals surface area contributed by atoms with Gasteiger partial charge < -0.3 is 14.9 Å². The highest BCUT2D eigenvalue weighted by Gasteiger charge is 2.45. The van der Waals surface area contributed by atoms with E-state index in [9.17, 15) is 9.59 Å². The fourth-order valence-corrected chi connectivity index (χ4v) is 5.23. The van der Waals surface area contributed by atoms with Crippen LogP contribution in [0.1, 0.15) is 31.4 Å². The number of carbonyl (C=O) groups is 2. The molecule has 4 atom stereocenters. The summed E-state index contributed by atoms with van der Waals surface area (Å²) < 4.78 is 1.94. The zero-order valence-electron chi connectivity index (χ0n) is 17.4. The molecule has 1 N–H and O–H groups in total. The maximum absolute atomic E-state index is 13.1. The molecule has 4 saturated heterocycles. The molecule has 9 nitrogen and oxygen atoms in total. The second-order valence-electron chi connectivity index (χ2n) is 9.15. The smallest absolute Gasteiger partial charge is 0.306 e. The van der Waals surface area contributed by atoms with E-state index in [4.69, 9.17) is 5.11 Å². The Morgan fingerprint density at radius 3 is 2.59 bits per heavy atom. The molecule has 1 amide bonds. The number of amides is 1. The zero-order valence-corrected chi connectivity index (χ0v) is 17.4. The quantitative estimate of drug-likeness (QED) is 0.732. The van der Waals surface area contributed by atoms with E-state index in [0.29, 0.717) is 37.9 Å². The molecule has 160 valence electrons. The predicted molar refractivity (Wildman–Crippen MR) is 106 cm³/mol. The van der Waals surface area contributed by atoms with E-state index in [1.807, 2.05) is 29.9 Å². The Kier molecular flexibility index (Phi) is 5.87. The minimum atomic E-state index is -0.732. The minimum Gasteiger partial charge on any atom is -0.481 e. The molecule has 2 bridgehead atoms. The third kappa shape index (κ3) is 4.45. The normalized spacial score (nSPS) is 30.1. The van der Waals surface area contributed by atoms with Crippen LogP contribution in [-0.4, -0.2) is 93.0 Å². The standard InChI is InChI=1S/C20H32N6O3/c1-23(2)10-16-11-26(22-21-16)12-17-9-15-5-8-25(17)13-18(15)19(27)24-6-3-14(4-7-24)20(28)29/h11,14-15,17-18H,3-10,12-13H2,1-2H3,(H,28,29)/t15?,17-,18+/m1/s1. The van der Waals surface area contributed by atoms with E-state index in [1.165, 1.54) is 0 Å². The van der Waals surface area contributed by atoms with Crippen molar-refractivity contribution in [3.63, 3.8) is 0 Å². The van der Waals surface area contributed by atoms with Crippen LogP contribution in [0.25, 0.3) is 0 Å². The first-order chi connectivity index (χ1) is 13.9. The van der Waals surface area contributed by atoms with Gasteiger partial charge in [-0.3, -0.25) is 19.2 Å². The number of carbonyl (C=O) groups excluding carboxylic acids is 1. The van der Waals surface area contributed by atoms with Crippen LogP contribution >= 0.6 is 0 Å². The van der Waals surface area contributed by atoms with Gasteiger partial charge in [0.2, 0.25) is 5.91 Å². The summed E-state index contributed by atoms with van der Waals surface area (Å²) in [6.45, 7) is 4.62. The Morgan fingerprint density at radius 2 is 1.97 bits per heavy atom. The van der Waals surface area contributed by atoms with Gasteiger partial charge in [-0.1, -0.05) is 5.21 Å². The van der Waals surface area contributed by atoms with Crippen molar-refractivity contribution in [3.8, 4) is 0 Å². The first kappa shape index (κ1) is 20.3. The van der Waals surface area contributed by atoms with E-state index in [1.54, 1.807) is 0 Å². The summed E-state index contributed by atoms with van der Waals surface area (Å²) in [6, 6.07) is 0.407. The van der Waals surface area contributed by atoms with Gasteiger partial charge in [0.05, 0.1) is 24.1 Å². The molecular formula is C20H32N6O3. The predicted octanol–water partition coefficient (Wildman–Crippen LogP) is 0.373. The number of nitrogens with zero attached hydrogens (tertiary/aromatic N) is 6. The zero-order chi connectivity index (χ0) is 20.5. The molecule has 0 aromatic carbocycles. The summed E-state index contributed by atoms with van der Waals surface area (Å²) in [7, 11) is 4.04. The molecule has 4 fully saturated rings. The number of aliphatic carboxylic acids is 1. The van der Waals surface area contributed by atoms with Crippen LogP contribution < -0.4 is 0 Å². The highest BCUT2D eigenvalue weighted by Crippen LogP contribution is 2.38. The van der Waals surface area contributed by atoms with E-state index >= 15 is 0 Å². The molecule has 5 heterocycles. The molecule has 0 spiro atoms. The highest BCUT2D eigenvalue weighted by molar-refractivity contribution is 5.80. The van der Waals surface area contributed by atoms with Crippen LogP contribution in [0.4, 0.5) is 0 Å². The van der Waals surface area contributed by atoms with E-state index in [-0.39, 0.29) is 17.7 Å². The number of carboxylic acid groups (broad SMARTS) is 1. The topological polar surface area (TPSA) is 94.8 Å². The lowest BCUT2D eigenvalue weighted by atomic mass is 9.74. The molecule has 1 aromatic heterocycles. The van der Waals surface area contributed by atoms with Crippen molar-refractivity contribution in [2.45, 2.75) is 44.8 Å². The average molecular weight is 405 g/mol. The molecule has 0 saturated carbocycles. The first-order valence-corrected chi connectivity index (χ1v) is 10.7. The maximum atomic E-state index is 13.1. The monoisotopic (exact) mass is 404 g/mol. The fraction of sp³-hybridized carbons (Fsp3) is 0.800. The van der Waals surface area contributed by atoms with Crippen molar-refractivity contribution >= 4 is 11.9 Å². The molecule has 4 aliphatic heterocycles. The average Bonchev–Trinajstić information content (AvgIpc) is 3.14.